The van der Waals surface area contributed by atoms with Crippen LogP contribution in [-0.4, -0.2) is 47.7 Å². The molecule has 2 aliphatic rings. The molecule has 1 aromatic carbocycles. The Kier molecular flexibility index (Phi) is 4.30. The Bertz CT molecular complexity index is 785. The van der Waals surface area contributed by atoms with Gasteiger partial charge in [-0.05, 0) is 57.1 Å². The van der Waals surface area contributed by atoms with Crippen LogP contribution in [0.2, 0.25) is 0 Å². The molecule has 1 aromatic heterocycles. The minimum atomic E-state index is -4.68. The predicted molar refractivity (Wildman–Crippen MR) is 91.9 cm³/mol. The van der Waals surface area contributed by atoms with E-state index in [1.54, 1.807) is 12.1 Å². The van der Waals surface area contributed by atoms with E-state index >= 15 is 0 Å². The van der Waals surface area contributed by atoms with Gasteiger partial charge in [0.15, 0.2) is 0 Å². The van der Waals surface area contributed by atoms with Crippen LogP contribution in [0.5, 0.6) is 5.75 Å². The van der Waals surface area contributed by atoms with E-state index < -0.39 is 6.36 Å². The van der Waals surface area contributed by atoms with Gasteiger partial charge in [0.05, 0.1) is 11.4 Å². The van der Waals surface area contributed by atoms with Crippen LogP contribution >= 0.6 is 0 Å². The zero-order chi connectivity index (χ0) is 18.3. The summed E-state index contributed by atoms with van der Waals surface area (Å²) >= 11 is 0. The molecule has 4 rings (SSSR count). The van der Waals surface area contributed by atoms with Gasteiger partial charge in [0.2, 0.25) is 0 Å². The summed E-state index contributed by atoms with van der Waals surface area (Å²) in [6.07, 6.45) is -1.48. The molecule has 3 heterocycles. The second-order valence-corrected chi connectivity index (χ2v) is 6.94. The Morgan fingerprint density at radius 1 is 1.23 bits per heavy atom. The number of anilines is 1. The third-order valence-corrected chi connectivity index (χ3v) is 5.01. The molecule has 2 aliphatic heterocycles. The molecule has 2 aromatic rings. The topological polar surface area (TPSA) is 42.3 Å². The van der Waals surface area contributed by atoms with E-state index in [9.17, 15) is 13.2 Å². The summed E-state index contributed by atoms with van der Waals surface area (Å²) < 4.78 is 42.8. The molecule has 0 aliphatic carbocycles. The monoisotopic (exact) mass is 366 g/mol. The molecular weight excluding hydrogens is 345 g/mol. The largest absolute Gasteiger partial charge is 0.573 e. The van der Waals surface area contributed by atoms with E-state index in [-0.39, 0.29) is 5.75 Å². The highest BCUT2D eigenvalue weighted by molar-refractivity contribution is 5.58. The van der Waals surface area contributed by atoms with Crippen molar-refractivity contribution >= 4 is 5.82 Å². The normalized spacial score (nSPS) is 20.7. The van der Waals surface area contributed by atoms with E-state index in [1.165, 1.54) is 17.7 Å². The quantitative estimate of drug-likeness (QED) is 0.902. The molecule has 1 atom stereocenters. The van der Waals surface area contributed by atoms with E-state index in [0.717, 1.165) is 56.1 Å². The van der Waals surface area contributed by atoms with Crippen LogP contribution < -0.4 is 10.1 Å². The standard InChI is InChI=1S/C18H21F3N4O/c1-24-10-2-3-12(11-24)16-15-8-9-22-17(15)25(23-16)13-4-6-14(7-5-13)26-18(19,20)21/h4-7,12,22H,2-3,8-11H2,1H3. The smallest absolute Gasteiger partial charge is 0.406 e. The zero-order valence-corrected chi connectivity index (χ0v) is 14.5. The van der Waals surface area contributed by atoms with E-state index in [4.69, 9.17) is 5.10 Å². The maximum absolute atomic E-state index is 12.3. The maximum atomic E-state index is 12.3. The summed E-state index contributed by atoms with van der Waals surface area (Å²) in [6, 6.07) is 5.84. The summed E-state index contributed by atoms with van der Waals surface area (Å²) in [5.41, 5.74) is 3.08. The van der Waals surface area contributed by atoms with E-state index in [0.29, 0.717) is 5.92 Å². The number of rotatable bonds is 3. The van der Waals surface area contributed by atoms with E-state index in [2.05, 4.69) is 22.0 Å². The van der Waals surface area contributed by atoms with Gasteiger partial charge in [-0.1, -0.05) is 0 Å². The number of nitrogens with zero attached hydrogens (tertiary/aromatic N) is 3. The Morgan fingerprint density at radius 3 is 2.69 bits per heavy atom. The third-order valence-electron chi connectivity index (χ3n) is 5.01. The molecule has 140 valence electrons. The molecule has 1 saturated heterocycles. The molecule has 1 N–H and O–H groups in total. The van der Waals surface area contributed by atoms with Gasteiger partial charge in [-0.15, -0.1) is 13.2 Å². The van der Waals surface area contributed by atoms with Crippen molar-refractivity contribution in [2.24, 2.45) is 0 Å². The highest BCUT2D eigenvalue weighted by Gasteiger charge is 2.32. The van der Waals surface area contributed by atoms with Crippen LogP contribution in [0.3, 0.4) is 0 Å². The summed E-state index contributed by atoms with van der Waals surface area (Å²) in [5.74, 6) is 1.13. The molecule has 0 spiro atoms. The lowest BCUT2D eigenvalue weighted by Crippen LogP contribution is -2.31. The molecule has 5 nitrogen and oxygen atoms in total. The molecule has 1 fully saturated rings. The van der Waals surface area contributed by atoms with Gasteiger partial charge in [-0.3, -0.25) is 0 Å². The lowest BCUT2D eigenvalue weighted by molar-refractivity contribution is -0.274. The lowest BCUT2D eigenvalue weighted by Gasteiger charge is -2.29. The van der Waals surface area contributed by atoms with Gasteiger partial charge in [0.1, 0.15) is 11.6 Å². The summed E-state index contributed by atoms with van der Waals surface area (Å²) in [5, 5.41) is 8.20. The minimum absolute atomic E-state index is 0.230. The molecule has 0 amide bonds. The average molecular weight is 366 g/mol. The Hall–Kier alpha value is -2.22. The second-order valence-electron chi connectivity index (χ2n) is 6.94. The summed E-state index contributed by atoms with van der Waals surface area (Å²) in [6.45, 7) is 2.96. The van der Waals surface area contributed by atoms with Gasteiger partial charge in [0.25, 0.3) is 0 Å². The Balaban J connectivity index is 1.64. The number of alkyl halides is 3. The number of hydrogen-bond donors (Lipinski definition) is 1. The first-order chi connectivity index (χ1) is 12.4. The number of hydrogen-bond acceptors (Lipinski definition) is 4. The number of ether oxygens (including phenoxy) is 1. The maximum Gasteiger partial charge on any atom is 0.573 e. The molecule has 0 radical (unpaired) electrons. The number of likely N-dealkylation sites (tertiary alicyclic amines) is 1. The number of fused-ring (bicyclic) bond motifs is 1. The molecule has 26 heavy (non-hydrogen) atoms. The van der Waals surface area contributed by atoms with Crippen LogP contribution in [0.15, 0.2) is 24.3 Å². The van der Waals surface area contributed by atoms with Crippen molar-refractivity contribution in [1.82, 2.24) is 14.7 Å². The third kappa shape index (κ3) is 3.38. The molecule has 1 unspecified atom stereocenters. The fourth-order valence-electron chi connectivity index (χ4n) is 3.89. The fraction of sp³-hybridized carbons (Fsp3) is 0.500. The average Bonchev–Trinajstić information content (AvgIpc) is 3.16. The van der Waals surface area contributed by atoms with Crippen molar-refractivity contribution in [1.29, 1.82) is 0 Å². The van der Waals surface area contributed by atoms with Gasteiger partial charge < -0.3 is 15.0 Å². The summed E-state index contributed by atoms with van der Waals surface area (Å²) in [4.78, 5) is 2.32. The van der Waals surface area contributed by atoms with Crippen molar-refractivity contribution in [2.75, 3.05) is 32.0 Å². The number of piperidine rings is 1. The van der Waals surface area contributed by atoms with Crippen LogP contribution in [0.25, 0.3) is 5.69 Å². The van der Waals surface area contributed by atoms with Crippen LogP contribution in [-0.2, 0) is 6.42 Å². The molecule has 8 heteroatoms. The first kappa shape index (κ1) is 17.2. The highest BCUT2D eigenvalue weighted by Crippen LogP contribution is 2.36. The number of nitrogens with one attached hydrogen (secondary N) is 1. The van der Waals surface area contributed by atoms with E-state index in [1.807, 2.05) is 4.68 Å². The number of aromatic nitrogens is 2. The van der Waals surface area contributed by atoms with Crippen molar-refractivity contribution in [3.05, 3.63) is 35.5 Å². The van der Waals surface area contributed by atoms with Crippen LogP contribution in [0, 0.1) is 0 Å². The second kappa shape index (κ2) is 6.50. The van der Waals surface area contributed by atoms with Crippen molar-refractivity contribution in [2.45, 2.75) is 31.5 Å². The van der Waals surface area contributed by atoms with Crippen molar-refractivity contribution < 1.29 is 17.9 Å². The van der Waals surface area contributed by atoms with Crippen LogP contribution in [0.4, 0.5) is 19.0 Å². The fourth-order valence-corrected chi connectivity index (χ4v) is 3.89. The van der Waals surface area contributed by atoms with Gasteiger partial charge in [-0.25, -0.2) is 4.68 Å². The number of likely N-dealkylation sites (N-methyl/N-ethyl adjacent to an activating group) is 1. The summed E-state index contributed by atoms with van der Waals surface area (Å²) in [7, 11) is 2.13. The Morgan fingerprint density at radius 2 is 2.00 bits per heavy atom. The first-order valence-electron chi connectivity index (χ1n) is 8.81. The minimum Gasteiger partial charge on any atom is -0.406 e. The molecule has 0 saturated carbocycles. The Labute approximate surface area is 149 Å². The lowest BCUT2D eigenvalue weighted by atomic mass is 9.92. The van der Waals surface area contributed by atoms with Crippen molar-refractivity contribution in [3.63, 3.8) is 0 Å². The molecule has 0 bridgehead atoms. The van der Waals surface area contributed by atoms with Crippen LogP contribution in [0.1, 0.15) is 30.0 Å². The number of halogens is 3. The van der Waals surface area contributed by atoms with Gasteiger partial charge in [0, 0.05) is 24.6 Å². The number of benzene rings is 1. The van der Waals surface area contributed by atoms with Crippen molar-refractivity contribution in [3.8, 4) is 11.4 Å². The molecular formula is C18H21F3N4O. The van der Waals surface area contributed by atoms with Gasteiger partial charge >= 0.3 is 6.36 Å². The first-order valence-corrected chi connectivity index (χ1v) is 8.81. The van der Waals surface area contributed by atoms with Gasteiger partial charge in [-0.2, -0.15) is 5.10 Å². The zero-order valence-electron chi connectivity index (χ0n) is 14.5. The highest BCUT2D eigenvalue weighted by atomic mass is 19.4. The SMILES string of the molecule is CN1CCCC(c2nn(-c3ccc(OC(F)(F)F)cc3)c3c2CCN3)C1. The predicted octanol–water partition coefficient (Wildman–Crippen LogP) is 3.55.